The lowest BCUT2D eigenvalue weighted by Crippen LogP contribution is -1.96. The van der Waals surface area contributed by atoms with Gasteiger partial charge < -0.3 is 9.84 Å². The van der Waals surface area contributed by atoms with Gasteiger partial charge in [0.15, 0.2) is 0 Å². The third-order valence-corrected chi connectivity index (χ3v) is 3.69. The molecule has 106 valence electrons. The molecule has 1 atom stereocenters. The average molecular weight is 335 g/mol. The van der Waals surface area contributed by atoms with Crippen LogP contribution in [-0.2, 0) is 0 Å². The van der Waals surface area contributed by atoms with E-state index in [-0.39, 0.29) is 0 Å². The fourth-order valence-electron chi connectivity index (χ4n) is 1.99. The van der Waals surface area contributed by atoms with Gasteiger partial charge in [-0.15, -0.1) is 0 Å². The molecule has 0 saturated heterocycles. The summed E-state index contributed by atoms with van der Waals surface area (Å²) in [7, 11) is 0. The summed E-state index contributed by atoms with van der Waals surface area (Å²) in [5.74, 6) is 1.95. The number of hydrogen-bond donors (Lipinski definition) is 1. The van der Waals surface area contributed by atoms with Gasteiger partial charge in [0, 0.05) is 10.0 Å². The van der Waals surface area contributed by atoms with Crippen molar-refractivity contribution in [2.75, 3.05) is 0 Å². The van der Waals surface area contributed by atoms with Crippen molar-refractivity contribution >= 4 is 15.9 Å². The number of halogens is 1. The second kappa shape index (κ2) is 6.42. The third kappa shape index (κ3) is 3.62. The molecule has 20 heavy (non-hydrogen) atoms. The van der Waals surface area contributed by atoms with Crippen LogP contribution in [0.1, 0.15) is 43.9 Å². The Kier molecular flexibility index (Phi) is 4.84. The van der Waals surface area contributed by atoms with Gasteiger partial charge in [0.1, 0.15) is 11.5 Å². The number of aliphatic hydroxyl groups excluding tert-OH is 1. The maximum Gasteiger partial charge on any atom is 0.134 e. The Bertz CT molecular complexity index is 574. The molecule has 0 aliphatic rings. The second-order valence-electron chi connectivity index (χ2n) is 5.18. The lowest BCUT2D eigenvalue weighted by molar-refractivity contribution is 0.195. The zero-order valence-electron chi connectivity index (χ0n) is 11.9. The first-order valence-corrected chi connectivity index (χ1v) is 7.52. The Morgan fingerprint density at radius 1 is 1.00 bits per heavy atom. The number of hydrogen-bond acceptors (Lipinski definition) is 2. The van der Waals surface area contributed by atoms with E-state index in [0.717, 1.165) is 15.8 Å². The highest BCUT2D eigenvalue weighted by molar-refractivity contribution is 9.10. The van der Waals surface area contributed by atoms with Crippen molar-refractivity contribution in [1.29, 1.82) is 0 Å². The van der Waals surface area contributed by atoms with Crippen LogP contribution in [0.4, 0.5) is 0 Å². The first-order valence-electron chi connectivity index (χ1n) is 6.72. The number of rotatable bonds is 4. The van der Waals surface area contributed by atoms with Crippen molar-refractivity contribution in [2.45, 2.75) is 32.8 Å². The molecule has 0 bridgehead atoms. The van der Waals surface area contributed by atoms with Gasteiger partial charge in [-0.2, -0.15) is 0 Å². The van der Waals surface area contributed by atoms with Crippen molar-refractivity contribution in [3.63, 3.8) is 0 Å². The molecule has 2 aromatic rings. The predicted molar refractivity (Wildman–Crippen MR) is 85.4 cm³/mol. The molecule has 1 N–H and O–H groups in total. The zero-order chi connectivity index (χ0) is 14.7. The van der Waals surface area contributed by atoms with E-state index in [1.54, 1.807) is 6.92 Å². The van der Waals surface area contributed by atoms with Crippen LogP contribution in [0.15, 0.2) is 46.9 Å². The van der Waals surface area contributed by atoms with Crippen LogP contribution in [0.2, 0.25) is 0 Å². The summed E-state index contributed by atoms with van der Waals surface area (Å²) >= 11 is 3.43. The van der Waals surface area contributed by atoms with Crippen molar-refractivity contribution < 1.29 is 9.84 Å². The van der Waals surface area contributed by atoms with Gasteiger partial charge in [-0.25, -0.2) is 0 Å². The smallest absolute Gasteiger partial charge is 0.134 e. The zero-order valence-corrected chi connectivity index (χ0v) is 13.5. The number of benzene rings is 2. The molecular weight excluding hydrogens is 316 g/mol. The Labute approximate surface area is 128 Å². The molecule has 0 spiro atoms. The van der Waals surface area contributed by atoms with E-state index in [1.807, 2.05) is 30.3 Å². The van der Waals surface area contributed by atoms with Crippen LogP contribution in [-0.4, -0.2) is 5.11 Å². The topological polar surface area (TPSA) is 29.5 Å². The second-order valence-corrected chi connectivity index (χ2v) is 6.10. The highest BCUT2D eigenvalue weighted by Gasteiger charge is 2.11. The summed E-state index contributed by atoms with van der Waals surface area (Å²) < 4.78 is 6.82. The normalized spacial score (nSPS) is 12.5. The Morgan fingerprint density at radius 2 is 1.65 bits per heavy atom. The summed E-state index contributed by atoms with van der Waals surface area (Å²) in [6, 6.07) is 13.7. The average Bonchev–Trinajstić information content (AvgIpc) is 2.39. The fraction of sp³-hybridized carbons (Fsp3) is 0.294. The van der Waals surface area contributed by atoms with Gasteiger partial charge in [0.25, 0.3) is 0 Å². The van der Waals surface area contributed by atoms with E-state index < -0.39 is 6.10 Å². The first-order chi connectivity index (χ1) is 9.47. The molecule has 2 nitrogen and oxygen atoms in total. The highest BCUT2D eigenvalue weighted by atomic mass is 79.9. The maximum absolute atomic E-state index is 9.80. The van der Waals surface area contributed by atoms with E-state index in [4.69, 9.17) is 4.74 Å². The van der Waals surface area contributed by atoms with E-state index in [9.17, 15) is 5.11 Å². The molecule has 0 aliphatic heterocycles. The van der Waals surface area contributed by atoms with Crippen LogP contribution in [0.25, 0.3) is 0 Å². The molecule has 0 amide bonds. The minimum atomic E-state index is -0.562. The molecule has 2 aromatic carbocycles. The van der Waals surface area contributed by atoms with E-state index in [1.165, 1.54) is 5.56 Å². The molecule has 2 rings (SSSR count). The molecule has 0 aromatic heterocycles. The Hall–Kier alpha value is -1.32. The van der Waals surface area contributed by atoms with Gasteiger partial charge in [0.2, 0.25) is 0 Å². The van der Waals surface area contributed by atoms with Crippen molar-refractivity contribution in [3.05, 3.63) is 58.1 Å². The molecule has 0 saturated carbocycles. The monoisotopic (exact) mass is 334 g/mol. The van der Waals surface area contributed by atoms with Gasteiger partial charge in [-0.05, 0) is 42.7 Å². The minimum absolute atomic E-state index is 0.503. The molecule has 0 heterocycles. The standard InChI is InChI=1S/C17H19BrO2/c1-11(2)13-4-7-15(8-5-13)20-17-10-14(18)6-9-16(17)12(3)19/h4-12,19H,1-3H3. The highest BCUT2D eigenvalue weighted by Crippen LogP contribution is 2.32. The predicted octanol–water partition coefficient (Wildman–Crippen LogP) is 5.42. The molecule has 0 aliphatic carbocycles. The van der Waals surface area contributed by atoms with Gasteiger partial charge in [0.05, 0.1) is 6.10 Å². The van der Waals surface area contributed by atoms with Crippen LogP contribution < -0.4 is 4.74 Å². The molecular formula is C17H19BrO2. The van der Waals surface area contributed by atoms with Gasteiger partial charge >= 0.3 is 0 Å². The summed E-state index contributed by atoms with van der Waals surface area (Å²) in [5.41, 5.74) is 2.06. The van der Waals surface area contributed by atoms with Gasteiger partial charge in [-0.1, -0.05) is 48.0 Å². The van der Waals surface area contributed by atoms with Crippen molar-refractivity contribution in [2.24, 2.45) is 0 Å². The summed E-state index contributed by atoms with van der Waals surface area (Å²) in [6.45, 7) is 6.06. The van der Waals surface area contributed by atoms with Gasteiger partial charge in [-0.3, -0.25) is 0 Å². The lowest BCUT2D eigenvalue weighted by Gasteiger charge is -2.14. The van der Waals surface area contributed by atoms with Crippen LogP contribution in [0, 0.1) is 0 Å². The number of aliphatic hydroxyl groups is 1. The summed E-state index contributed by atoms with van der Waals surface area (Å²) in [4.78, 5) is 0. The first kappa shape index (κ1) is 15.1. The van der Waals surface area contributed by atoms with Crippen molar-refractivity contribution in [3.8, 4) is 11.5 Å². The molecule has 0 radical (unpaired) electrons. The SMILES string of the molecule is CC(C)c1ccc(Oc2cc(Br)ccc2C(C)O)cc1. The minimum Gasteiger partial charge on any atom is -0.457 e. The Morgan fingerprint density at radius 3 is 2.20 bits per heavy atom. The van der Waals surface area contributed by atoms with Crippen molar-refractivity contribution in [1.82, 2.24) is 0 Å². The van der Waals surface area contributed by atoms with E-state index in [0.29, 0.717) is 11.7 Å². The van der Waals surface area contributed by atoms with E-state index >= 15 is 0 Å². The third-order valence-electron chi connectivity index (χ3n) is 3.20. The van der Waals surface area contributed by atoms with Crippen LogP contribution in [0.3, 0.4) is 0 Å². The maximum atomic E-state index is 9.80. The lowest BCUT2D eigenvalue weighted by atomic mass is 10.0. The molecule has 0 fully saturated rings. The Balaban J connectivity index is 2.27. The molecule has 1 unspecified atom stereocenters. The number of ether oxygens (including phenoxy) is 1. The van der Waals surface area contributed by atoms with Crippen LogP contribution in [0.5, 0.6) is 11.5 Å². The fourth-order valence-corrected chi connectivity index (χ4v) is 2.33. The summed E-state index contributed by atoms with van der Waals surface area (Å²) in [6.07, 6.45) is -0.562. The quantitative estimate of drug-likeness (QED) is 0.809. The van der Waals surface area contributed by atoms with Crippen LogP contribution >= 0.6 is 15.9 Å². The van der Waals surface area contributed by atoms with E-state index in [2.05, 4.69) is 41.9 Å². The summed E-state index contributed by atoms with van der Waals surface area (Å²) in [5, 5.41) is 9.80. The molecule has 3 heteroatoms. The largest absolute Gasteiger partial charge is 0.457 e.